The van der Waals surface area contributed by atoms with E-state index in [2.05, 4.69) is 17.9 Å². The van der Waals surface area contributed by atoms with E-state index in [4.69, 9.17) is 22.3 Å². The molecule has 0 radical (unpaired) electrons. The average Bonchev–Trinajstić information content (AvgIpc) is 3.14. The Morgan fingerprint density at radius 2 is 1.97 bits per heavy atom. The van der Waals surface area contributed by atoms with Crippen LogP contribution in [0.1, 0.15) is 30.1 Å². The molecule has 5 nitrogen and oxygen atoms in total. The highest BCUT2D eigenvalue weighted by molar-refractivity contribution is 6.33. The van der Waals surface area contributed by atoms with Crippen molar-refractivity contribution < 1.29 is 9.90 Å². The van der Waals surface area contributed by atoms with Crippen molar-refractivity contribution in [2.75, 3.05) is 11.4 Å². The molecule has 1 amide bonds. The molecule has 29 heavy (non-hydrogen) atoms. The van der Waals surface area contributed by atoms with Crippen molar-refractivity contribution in [1.82, 2.24) is 4.98 Å². The van der Waals surface area contributed by atoms with Gasteiger partial charge in [-0.1, -0.05) is 29.8 Å². The molecule has 1 atom stereocenters. The van der Waals surface area contributed by atoms with Crippen molar-refractivity contribution in [3.63, 3.8) is 0 Å². The molecule has 6 heteroatoms. The summed E-state index contributed by atoms with van der Waals surface area (Å²) in [6.45, 7) is 3.14. The highest BCUT2D eigenvalue weighted by Crippen LogP contribution is 2.35. The summed E-state index contributed by atoms with van der Waals surface area (Å²) in [5.41, 5.74) is 8.74. The minimum Gasteiger partial charge on any atom is -0.507 e. The Morgan fingerprint density at radius 3 is 2.66 bits per heavy atom. The molecule has 0 aliphatic carbocycles. The number of rotatable bonds is 4. The predicted molar refractivity (Wildman–Crippen MR) is 116 cm³/mol. The summed E-state index contributed by atoms with van der Waals surface area (Å²) < 4.78 is 0. The molecule has 3 aromatic rings. The first-order chi connectivity index (χ1) is 13.9. The topological polar surface area (TPSA) is 79.5 Å². The molecule has 2 aromatic carbocycles. The Morgan fingerprint density at radius 1 is 1.17 bits per heavy atom. The second-order valence-electron chi connectivity index (χ2n) is 7.36. The third-order valence-electron chi connectivity index (χ3n) is 5.40. The molecule has 4 rings (SSSR count). The second kappa shape index (κ2) is 7.76. The zero-order valence-corrected chi connectivity index (χ0v) is 16.9. The smallest absolute Gasteiger partial charge is 0.252 e. The summed E-state index contributed by atoms with van der Waals surface area (Å²) in [4.78, 5) is 18.8. The van der Waals surface area contributed by atoms with Gasteiger partial charge in [0.15, 0.2) is 0 Å². The Kier molecular flexibility index (Phi) is 5.16. The number of anilines is 1. The van der Waals surface area contributed by atoms with E-state index in [-0.39, 0.29) is 11.3 Å². The van der Waals surface area contributed by atoms with Crippen molar-refractivity contribution in [3.8, 4) is 28.1 Å². The molecular weight excluding hydrogens is 386 g/mol. The summed E-state index contributed by atoms with van der Waals surface area (Å²) >= 11 is 6.46. The maximum absolute atomic E-state index is 11.7. The third-order valence-corrected chi connectivity index (χ3v) is 5.73. The lowest BCUT2D eigenvalue weighted by atomic mass is 10.0. The van der Waals surface area contributed by atoms with Gasteiger partial charge in [0.2, 0.25) is 0 Å². The fourth-order valence-corrected chi connectivity index (χ4v) is 4.07. The molecule has 3 N–H and O–H groups in total. The van der Waals surface area contributed by atoms with E-state index in [1.807, 2.05) is 30.3 Å². The molecule has 1 unspecified atom stereocenters. The Hall–Kier alpha value is -3.05. The number of nitrogens with two attached hydrogens (primary N) is 1. The van der Waals surface area contributed by atoms with Crippen LogP contribution < -0.4 is 10.6 Å². The van der Waals surface area contributed by atoms with Crippen LogP contribution in [0.2, 0.25) is 5.02 Å². The lowest BCUT2D eigenvalue weighted by Gasteiger charge is -2.24. The maximum Gasteiger partial charge on any atom is 0.252 e. The summed E-state index contributed by atoms with van der Waals surface area (Å²) in [7, 11) is 0. The summed E-state index contributed by atoms with van der Waals surface area (Å²) in [6.07, 6.45) is 2.25. The Bertz CT molecular complexity index is 1080. The molecule has 1 aliphatic rings. The largest absolute Gasteiger partial charge is 0.507 e. The molecule has 1 fully saturated rings. The van der Waals surface area contributed by atoms with Gasteiger partial charge in [-0.2, -0.15) is 0 Å². The number of aromatic nitrogens is 1. The summed E-state index contributed by atoms with van der Waals surface area (Å²) in [6, 6.07) is 16.9. The van der Waals surface area contributed by atoms with Gasteiger partial charge in [-0.05, 0) is 61.7 Å². The van der Waals surface area contributed by atoms with Crippen LogP contribution in [0, 0.1) is 0 Å². The highest BCUT2D eigenvalue weighted by Gasteiger charge is 2.23. The van der Waals surface area contributed by atoms with Gasteiger partial charge in [0.1, 0.15) is 11.6 Å². The molecule has 0 spiro atoms. The van der Waals surface area contributed by atoms with Crippen LogP contribution in [0.3, 0.4) is 0 Å². The van der Waals surface area contributed by atoms with Crippen LogP contribution in [0.4, 0.5) is 5.82 Å². The van der Waals surface area contributed by atoms with E-state index in [0.717, 1.165) is 36.3 Å². The van der Waals surface area contributed by atoms with Gasteiger partial charge in [0, 0.05) is 28.7 Å². The Balaban J connectivity index is 1.90. The number of pyridine rings is 1. The molecule has 1 aromatic heterocycles. The molecular formula is C23H22ClN3O2. The molecule has 1 saturated heterocycles. The highest BCUT2D eigenvalue weighted by atomic mass is 35.5. The number of halogens is 1. The van der Waals surface area contributed by atoms with Crippen LogP contribution in [0.15, 0.2) is 54.6 Å². The number of amides is 1. The number of hydrogen-bond acceptors (Lipinski definition) is 4. The lowest BCUT2D eigenvalue weighted by molar-refractivity contribution is 0.0998. The normalized spacial score (nSPS) is 16.2. The fourth-order valence-electron chi connectivity index (χ4n) is 3.83. The standard InChI is InChI=1S/C23H22ClN3O2/c1-14-5-4-10-27(14)22-13-16(17-6-2-3-7-19(17)24)12-20(26-22)15-8-9-21(28)18(11-15)23(25)29/h2-3,6-9,11-14,28H,4-5,10H2,1H3,(H2,25,29). The minimum atomic E-state index is -0.681. The quantitative estimate of drug-likeness (QED) is 0.647. The van der Waals surface area contributed by atoms with E-state index >= 15 is 0 Å². The predicted octanol–water partition coefficient (Wildman–Crippen LogP) is 4.86. The molecule has 0 saturated carbocycles. The number of primary amides is 1. The molecule has 1 aliphatic heterocycles. The van der Waals surface area contributed by atoms with Crippen LogP contribution in [0.5, 0.6) is 5.75 Å². The first-order valence-electron chi connectivity index (χ1n) is 9.61. The monoisotopic (exact) mass is 407 g/mol. The van der Waals surface area contributed by atoms with E-state index in [1.54, 1.807) is 12.1 Å². The van der Waals surface area contributed by atoms with Gasteiger partial charge in [0.25, 0.3) is 5.91 Å². The number of hydrogen-bond donors (Lipinski definition) is 2. The Labute approximate surface area is 174 Å². The zero-order chi connectivity index (χ0) is 20.5. The summed E-state index contributed by atoms with van der Waals surface area (Å²) in [5.74, 6) is 0.0491. The van der Waals surface area contributed by atoms with E-state index in [0.29, 0.717) is 22.3 Å². The number of carbonyl (C=O) groups is 1. The van der Waals surface area contributed by atoms with E-state index < -0.39 is 5.91 Å². The van der Waals surface area contributed by atoms with Gasteiger partial charge in [-0.25, -0.2) is 4.98 Å². The van der Waals surface area contributed by atoms with Crippen molar-refractivity contribution in [1.29, 1.82) is 0 Å². The first kappa shape index (κ1) is 19.3. The molecule has 2 heterocycles. The van der Waals surface area contributed by atoms with Crippen molar-refractivity contribution in [2.45, 2.75) is 25.8 Å². The van der Waals surface area contributed by atoms with Crippen LogP contribution in [0.25, 0.3) is 22.4 Å². The van der Waals surface area contributed by atoms with Crippen molar-refractivity contribution >= 4 is 23.3 Å². The van der Waals surface area contributed by atoms with E-state index in [1.165, 1.54) is 6.07 Å². The maximum atomic E-state index is 11.7. The van der Waals surface area contributed by atoms with Crippen LogP contribution in [-0.2, 0) is 0 Å². The lowest BCUT2D eigenvalue weighted by Crippen LogP contribution is -2.27. The fraction of sp³-hybridized carbons (Fsp3) is 0.217. The van der Waals surface area contributed by atoms with Gasteiger partial charge in [0.05, 0.1) is 11.3 Å². The molecule has 0 bridgehead atoms. The van der Waals surface area contributed by atoms with Crippen molar-refractivity contribution in [2.24, 2.45) is 5.73 Å². The van der Waals surface area contributed by atoms with Crippen LogP contribution >= 0.6 is 11.6 Å². The van der Waals surface area contributed by atoms with E-state index in [9.17, 15) is 9.90 Å². The zero-order valence-electron chi connectivity index (χ0n) is 16.1. The molecule has 148 valence electrons. The number of nitrogens with zero attached hydrogens (tertiary/aromatic N) is 2. The van der Waals surface area contributed by atoms with Gasteiger partial charge < -0.3 is 15.7 Å². The number of carbonyl (C=O) groups excluding carboxylic acids is 1. The van der Waals surface area contributed by atoms with Gasteiger partial charge in [-0.15, -0.1) is 0 Å². The number of phenols is 1. The third kappa shape index (κ3) is 3.78. The first-order valence-corrected chi connectivity index (χ1v) is 9.98. The van der Waals surface area contributed by atoms with Crippen molar-refractivity contribution in [3.05, 3.63) is 65.2 Å². The minimum absolute atomic E-state index is 0.0727. The average molecular weight is 408 g/mol. The van der Waals surface area contributed by atoms with Crippen LogP contribution in [-0.4, -0.2) is 28.6 Å². The second-order valence-corrected chi connectivity index (χ2v) is 7.77. The number of benzene rings is 2. The van der Waals surface area contributed by atoms with Gasteiger partial charge in [-0.3, -0.25) is 4.79 Å². The summed E-state index contributed by atoms with van der Waals surface area (Å²) in [5, 5.41) is 10.6. The number of aromatic hydroxyl groups is 1. The SMILES string of the molecule is CC1CCCN1c1cc(-c2ccccc2Cl)cc(-c2ccc(O)c(C(N)=O)c2)n1. The van der Waals surface area contributed by atoms with Gasteiger partial charge >= 0.3 is 0 Å².